The molecule has 0 atom stereocenters. The van der Waals surface area contributed by atoms with Crippen molar-refractivity contribution in [3.63, 3.8) is 0 Å². The zero-order valence-corrected chi connectivity index (χ0v) is 6.03. The second-order valence-electron chi connectivity index (χ2n) is 3.20. The zero-order chi connectivity index (χ0) is 6.81. The number of rotatable bonds is 3. The molecule has 0 N–H and O–H groups in total. The summed E-state index contributed by atoms with van der Waals surface area (Å²) in [5.74, 6) is 1.52. The van der Waals surface area contributed by atoms with E-state index in [0.29, 0.717) is 0 Å². The average molecular weight is 136 g/mol. The number of hydrogen-bond acceptors (Lipinski definition) is 2. The molecule has 2 fully saturated rings. The third-order valence-corrected chi connectivity index (χ3v) is 1.87. The van der Waals surface area contributed by atoms with Gasteiger partial charge in [-0.15, -0.1) is 0 Å². The topological polar surface area (TPSA) is 24.7 Å². The monoisotopic (exact) mass is 136 g/mol. The molecule has 0 saturated heterocycles. The van der Waals surface area contributed by atoms with Gasteiger partial charge in [0.25, 0.3) is 0 Å². The summed E-state index contributed by atoms with van der Waals surface area (Å²) in [6, 6.07) is 0. The normalized spacial score (nSPS) is 26.8. The Morgan fingerprint density at radius 2 is 1.20 bits per heavy atom. The quantitative estimate of drug-likeness (QED) is 0.418. The molecule has 0 aliphatic heterocycles. The maximum absolute atomic E-state index is 3.96. The molecule has 0 aromatic heterocycles. The van der Waals surface area contributed by atoms with E-state index in [1.807, 2.05) is 12.4 Å². The highest BCUT2D eigenvalue weighted by Gasteiger charge is 2.19. The van der Waals surface area contributed by atoms with Gasteiger partial charge in [-0.3, -0.25) is 0 Å². The standard InChI is InChI=1S/C8H12N2/c1-2-7(1)5-9-10-6-8-3-4-8/h5-8H,1-4H2. The Morgan fingerprint density at radius 1 is 0.800 bits per heavy atom. The Balaban J connectivity index is 1.68. The molecule has 0 amide bonds. The summed E-state index contributed by atoms with van der Waals surface area (Å²) in [5, 5.41) is 7.92. The van der Waals surface area contributed by atoms with Gasteiger partial charge in [0.1, 0.15) is 0 Å². The fraction of sp³-hybridized carbons (Fsp3) is 0.750. The SMILES string of the molecule is C(=NN=CC1CC1)C1CC1. The first-order valence-electron chi connectivity index (χ1n) is 4.02. The van der Waals surface area contributed by atoms with Crippen LogP contribution < -0.4 is 0 Å². The fourth-order valence-electron chi connectivity index (χ4n) is 0.756. The first kappa shape index (κ1) is 6.08. The van der Waals surface area contributed by atoms with Crippen molar-refractivity contribution in [3.05, 3.63) is 0 Å². The Kier molecular flexibility index (Phi) is 1.53. The highest BCUT2D eigenvalue weighted by molar-refractivity contribution is 5.67. The fourth-order valence-corrected chi connectivity index (χ4v) is 0.756. The van der Waals surface area contributed by atoms with Crippen LogP contribution in [0.15, 0.2) is 10.2 Å². The average Bonchev–Trinajstić information content (AvgIpc) is 2.77. The third kappa shape index (κ3) is 1.94. The van der Waals surface area contributed by atoms with E-state index in [9.17, 15) is 0 Å². The lowest BCUT2D eigenvalue weighted by Crippen LogP contribution is -1.75. The van der Waals surface area contributed by atoms with Gasteiger partial charge in [0.15, 0.2) is 0 Å². The molecule has 0 aromatic carbocycles. The summed E-state index contributed by atoms with van der Waals surface area (Å²) in [6.45, 7) is 0. The summed E-state index contributed by atoms with van der Waals surface area (Å²) in [7, 11) is 0. The van der Waals surface area contributed by atoms with Gasteiger partial charge in [-0.05, 0) is 37.5 Å². The molecule has 2 aliphatic carbocycles. The van der Waals surface area contributed by atoms with Crippen LogP contribution in [-0.2, 0) is 0 Å². The summed E-state index contributed by atoms with van der Waals surface area (Å²) in [5.41, 5.74) is 0. The molecule has 2 heteroatoms. The molecule has 0 unspecified atom stereocenters. The molecule has 2 saturated carbocycles. The second kappa shape index (κ2) is 2.52. The van der Waals surface area contributed by atoms with E-state index in [4.69, 9.17) is 0 Å². The van der Waals surface area contributed by atoms with E-state index in [1.165, 1.54) is 25.7 Å². The molecule has 0 heterocycles. The maximum Gasteiger partial charge on any atom is 0.0301 e. The van der Waals surface area contributed by atoms with Crippen LogP contribution in [0.25, 0.3) is 0 Å². The minimum atomic E-state index is 0.761. The van der Waals surface area contributed by atoms with E-state index in [0.717, 1.165) is 11.8 Å². The van der Waals surface area contributed by atoms with Gasteiger partial charge in [0.05, 0.1) is 0 Å². The van der Waals surface area contributed by atoms with Crippen molar-refractivity contribution in [1.29, 1.82) is 0 Å². The van der Waals surface area contributed by atoms with Crippen molar-refractivity contribution in [3.8, 4) is 0 Å². The maximum atomic E-state index is 3.96. The van der Waals surface area contributed by atoms with Crippen LogP contribution in [-0.4, -0.2) is 12.4 Å². The van der Waals surface area contributed by atoms with Crippen LogP contribution in [0.2, 0.25) is 0 Å². The summed E-state index contributed by atoms with van der Waals surface area (Å²) >= 11 is 0. The van der Waals surface area contributed by atoms with Crippen molar-refractivity contribution in [2.45, 2.75) is 25.7 Å². The van der Waals surface area contributed by atoms with Gasteiger partial charge in [0.2, 0.25) is 0 Å². The van der Waals surface area contributed by atoms with Crippen LogP contribution in [0.4, 0.5) is 0 Å². The molecule has 2 aliphatic rings. The van der Waals surface area contributed by atoms with Crippen LogP contribution in [0, 0.1) is 11.8 Å². The molecular formula is C8H12N2. The summed E-state index contributed by atoms with van der Waals surface area (Å²) in [6.07, 6.45) is 9.23. The Morgan fingerprint density at radius 3 is 1.50 bits per heavy atom. The lowest BCUT2D eigenvalue weighted by atomic mass is 10.5. The molecule has 0 spiro atoms. The van der Waals surface area contributed by atoms with Gasteiger partial charge in [-0.2, -0.15) is 10.2 Å². The lowest BCUT2D eigenvalue weighted by molar-refractivity contribution is 1.13. The minimum absolute atomic E-state index is 0.761. The lowest BCUT2D eigenvalue weighted by Gasteiger charge is -1.77. The number of hydrogen-bond donors (Lipinski definition) is 0. The van der Waals surface area contributed by atoms with E-state index in [2.05, 4.69) is 10.2 Å². The molecule has 2 rings (SSSR count). The van der Waals surface area contributed by atoms with Gasteiger partial charge >= 0.3 is 0 Å². The molecule has 2 nitrogen and oxygen atoms in total. The molecule has 0 bridgehead atoms. The highest BCUT2D eigenvalue weighted by atomic mass is 15.2. The minimum Gasteiger partial charge on any atom is -0.164 e. The first-order chi connectivity index (χ1) is 4.95. The smallest absolute Gasteiger partial charge is 0.0301 e. The van der Waals surface area contributed by atoms with Gasteiger partial charge in [0, 0.05) is 12.4 Å². The van der Waals surface area contributed by atoms with E-state index in [-0.39, 0.29) is 0 Å². The van der Waals surface area contributed by atoms with Gasteiger partial charge in [-0.25, -0.2) is 0 Å². The zero-order valence-electron chi connectivity index (χ0n) is 6.03. The molecule has 10 heavy (non-hydrogen) atoms. The summed E-state index contributed by atoms with van der Waals surface area (Å²) in [4.78, 5) is 0. The first-order valence-corrected chi connectivity index (χ1v) is 4.02. The molecule has 0 aromatic rings. The van der Waals surface area contributed by atoms with E-state index >= 15 is 0 Å². The third-order valence-electron chi connectivity index (χ3n) is 1.87. The predicted octanol–water partition coefficient (Wildman–Crippen LogP) is 1.86. The van der Waals surface area contributed by atoms with Gasteiger partial charge < -0.3 is 0 Å². The van der Waals surface area contributed by atoms with Crippen molar-refractivity contribution in [2.24, 2.45) is 22.0 Å². The van der Waals surface area contributed by atoms with Crippen LogP contribution in [0.5, 0.6) is 0 Å². The largest absolute Gasteiger partial charge is 0.164 e. The number of nitrogens with zero attached hydrogens (tertiary/aromatic N) is 2. The predicted molar refractivity (Wildman–Crippen MR) is 42.4 cm³/mol. The Bertz CT molecular complexity index is 144. The van der Waals surface area contributed by atoms with Crippen LogP contribution in [0.1, 0.15) is 25.7 Å². The molecule has 0 radical (unpaired) electrons. The van der Waals surface area contributed by atoms with Crippen LogP contribution in [0.3, 0.4) is 0 Å². The Labute approximate surface area is 61.0 Å². The van der Waals surface area contributed by atoms with Crippen LogP contribution >= 0.6 is 0 Å². The second-order valence-corrected chi connectivity index (χ2v) is 3.20. The Hall–Kier alpha value is -0.660. The van der Waals surface area contributed by atoms with E-state index < -0.39 is 0 Å². The highest BCUT2D eigenvalue weighted by Crippen LogP contribution is 2.27. The summed E-state index contributed by atoms with van der Waals surface area (Å²) < 4.78 is 0. The molecular weight excluding hydrogens is 124 g/mol. The van der Waals surface area contributed by atoms with Crippen molar-refractivity contribution in [2.75, 3.05) is 0 Å². The van der Waals surface area contributed by atoms with Crippen molar-refractivity contribution < 1.29 is 0 Å². The van der Waals surface area contributed by atoms with Crippen molar-refractivity contribution >= 4 is 12.4 Å². The molecule has 54 valence electrons. The van der Waals surface area contributed by atoms with E-state index in [1.54, 1.807) is 0 Å². The van der Waals surface area contributed by atoms with Gasteiger partial charge in [-0.1, -0.05) is 0 Å². The van der Waals surface area contributed by atoms with Crippen molar-refractivity contribution in [1.82, 2.24) is 0 Å².